The van der Waals surface area contributed by atoms with E-state index in [4.69, 9.17) is 0 Å². The van der Waals surface area contributed by atoms with Crippen LogP contribution in [0, 0.1) is 17.8 Å². The Kier molecular flexibility index (Phi) is 2.57. The third-order valence-electron chi connectivity index (χ3n) is 4.13. The van der Waals surface area contributed by atoms with E-state index in [1.165, 1.54) is 19.3 Å². The zero-order valence-corrected chi connectivity index (χ0v) is 10.1. The molecule has 0 radical (unpaired) electrons. The highest BCUT2D eigenvalue weighted by Gasteiger charge is 2.56. The number of hydrogen-bond donors (Lipinski definition) is 1. The van der Waals surface area contributed by atoms with Crippen LogP contribution >= 0.6 is 11.3 Å². The van der Waals surface area contributed by atoms with Crippen molar-refractivity contribution in [2.45, 2.75) is 32.2 Å². The van der Waals surface area contributed by atoms with Gasteiger partial charge in [-0.1, -0.05) is 19.4 Å². The molecule has 2 saturated carbocycles. The molecule has 3 unspecified atom stereocenters. The van der Waals surface area contributed by atoms with E-state index in [0.717, 1.165) is 24.3 Å². The topological polar surface area (TPSA) is 12.0 Å². The maximum Gasteiger partial charge on any atom is 0.0448 e. The van der Waals surface area contributed by atoms with E-state index >= 15 is 0 Å². The Labute approximate surface area is 95.9 Å². The number of rotatable bonds is 4. The van der Waals surface area contributed by atoms with Crippen molar-refractivity contribution in [1.29, 1.82) is 0 Å². The van der Waals surface area contributed by atoms with Gasteiger partial charge in [0.1, 0.15) is 0 Å². The minimum absolute atomic E-state index is 0.658. The summed E-state index contributed by atoms with van der Waals surface area (Å²) in [6.07, 6.45) is 4.46. The molecular weight excluding hydrogens is 202 g/mol. The number of nitrogens with one attached hydrogen (secondary N) is 1. The Morgan fingerprint density at radius 3 is 2.87 bits per heavy atom. The van der Waals surface area contributed by atoms with Gasteiger partial charge in [0.15, 0.2) is 0 Å². The summed E-state index contributed by atoms with van der Waals surface area (Å²) in [5.41, 5.74) is 0. The SMILES string of the molecule is CCNC(c1cccs1)C1C2CCCC21. The van der Waals surface area contributed by atoms with E-state index in [0.29, 0.717) is 6.04 Å². The zero-order chi connectivity index (χ0) is 10.3. The minimum Gasteiger partial charge on any atom is -0.309 e. The second-order valence-corrected chi connectivity index (χ2v) is 5.87. The number of hydrogen-bond acceptors (Lipinski definition) is 2. The van der Waals surface area contributed by atoms with Gasteiger partial charge in [0.2, 0.25) is 0 Å². The molecule has 1 nitrogen and oxygen atoms in total. The van der Waals surface area contributed by atoms with Gasteiger partial charge in [-0.3, -0.25) is 0 Å². The second-order valence-electron chi connectivity index (χ2n) is 4.89. The van der Waals surface area contributed by atoms with Crippen molar-refractivity contribution in [1.82, 2.24) is 5.32 Å². The van der Waals surface area contributed by atoms with Crippen LogP contribution in [0.15, 0.2) is 17.5 Å². The lowest BCUT2D eigenvalue weighted by Crippen LogP contribution is -2.23. The summed E-state index contributed by atoms with van der Waals surface area (Å²) in [6, 6.07) is 5.14. The lowest BCUT2D eigenvalue weighted by Gasteiger charge is -2.18. The first-order chi connectivity index (χ1) is 7.42. The Balaban J connectivity index is 1.75. The molecule has 1 aromatic heterocycles. The average Bonchev–Trinajstić information content (AvgIpc) is 2.73. The van der Waals surface area contributed by atoms with Crippen LogP contribution in [0.1, 0.15) is 37.1 Å². The Hall–Kier alpha value is -0.340. The molecule has 0 spiro atoms. The van der Waals surface area contributed by atoms with Gasteiger partial charge in [-0.25, -0.2) is 0 Å². The summed E-state index contributed by atoms with van der Waals surface area (Å²) in [5, 5.41) is 5.89. The number of fused-ring (bicyclic) bond motifs is 1. The molecule has 0 aromatic carbocycles. The Bertz CT molecular complexity index is 309. The van der Waals surface area contributed by atoms with Crippen molar-refractivity contribution in [2.24, 2.45) is 17.8 Å². The van der Waals surface area contributed by atoms with Gasteiger partial charge in [-0.2, -0.15) is 0 Å². The first-order valence-electron chi connectivity index (χ1n) is 6.18. The van der Waals surface area contributed by atoms with Crippen LogP contribution in [-0.4, -0.2) is 6.54 Å². The van der Waals surface area contributed by atoms with E-state index in [-0.39, 0.29) is 0 Å². The molecule has 3 atom stereocenters. The highest BCUT2D eigenvalue weighted by Crippen LogP contribution is 2.62. The monoisotopic (exact) mass is 221 g/mol. The lowest BCUT2D eigenvalue weighted by atomic mass is 10.0. The standard InChI is InChI=1S/C13H19NS/c1-2-14-13(11-7-4-8-15-11)12-9-5-3-6-10(9)12/h4,7-10,12-14H,2-3,5-6H2,1H3. The molecule has 1 aromatic rings. The summed E-state index contributed by atoms with van der Waals surface area (Å²) in [6.45, 7) is 3.32. The fourth-order valence-electron chi connectivity index (χ4n) is 3.49. The van der Waals surface area contributed by atoms with Crippen molar-refractivity contribution >= 4 is 11.3 Å². The van der Waals surface area contributed by atoms with Gasteiger partial charge >= 0.3 is 0 Å². The third kappa shape index (κ3) is 1.64. The highest BCUT2D eigenvalue weighted by molar-refractivity contribution is 7.10. The Morgan fingerprint density at radius 1 is 1.47 bits per heavy atom. The van der Waals surface area contributed by atoms with Gasteiger partial charge < -0.3 is 5.32 Å². The van der Waals surface area contributed by atoms with Gasteiger partial charge in [-0.05, 0) is 48.6 Å². The van der Waals surface area contributed by atoms with Crippen LogP contribution in [0.3, 0.4) is 0 Å². The summed E-state index contributed by atoms with van der Waals surface area (Å²) < 4.78 is 0. The summed E-state index contributed by atoms with van der Waals surface area (Å²) >= 11 is 1.92. The number of thiophene rings is 1. The van der Waals surface area contributed by atoms with Gasteiger partial charge in [0.05, 0.1) is 0 Å². The molecule has 82 valence electrons. The van der Waals surface area contributed by atoms with Gasteiger partial charge in [0.25, 0.3) is 0 Å². The van der Waals surface area contributed by atoms with Crippen molar-refractivity contribution in [3.8, 4) is 0 Å². The summed E-state index contributed by atoms with van der Waals surface area (Å²) in [4.78, 5) is 1.55. The molecule has 2 heteroatoms. The van der Waals surface area contributed by atoms with Crippen LogP contribution in [0.4, 0.5) is 0 Å². The van der Waals surface area contributed by atoms with Crippen molar-refractivity contribution < 1.29 is 0 Å². The molecular formula is C13H19NS. The van der Waals surface area contributed by atoms with Gasteiger partial charge in [0, 0.05) is 10.9 Å². The van der Waals surface area contributed by atoms with E-state index < -0.39 is 0 Å². The third-order valence-corrected chi connectivity index (χ3v) is 5.09. The smallest absolute Gasteiger partial charge is 0.0448 e. The fraction of sp³-hybridized carbons (Fsp3) is 0.692. The second kappa shape index (κ2) is 3.91. The van der Waals surface area contributed by atoms with Crippen molar-refractivity contribution in [3.05, 3.63) is 22.4 Å². The average molecular weight is 221 g/mol. The van der Waals surface area contributed by atoms with Crippen LogP contribution in [0.25, 0.3) is 0 Å². The van der Waals surface area contributed by atoms with Crippen LogP contribution in [0.5, 0.6) is 0 Å². The molecule has 1 N–H and O–H groups in total. The molecule has 3 rings (SSSR count). The van der Waals surface area contributed by atoms with E-state index in [1.54, 1.807) is 4.88 Å². The predicted molar refractivity (Wildman–Crippen MR) is 65.1 cm³/mol. The first-order valence-corrected chi connectivity index (χ1v) is 7.06. The maximum atomic E-state index is 3.69. The van der Waals surface area contributed by atoms with Gasteiger partial charge in [-0.15, -0.1) is 11.3 Å². The maximum absolute atomic E-state index is 3.69. The first kappa shape index (κ1) is 9.86. The molecule has 2 aliphatic rings. The van der Waals surface area contributed by atoms with Crippen LogP contribution in [0.2, 0.25) is 0 Å². The van der Waals surface area contributed by atoms with Crippen molar-refractivity contribution in [2.75, 3.05) is 6.54 Å². The Morgan fingerprint density at radius 2 is 2.27 bits per heavy atom. The molecule has 0 aliphatic heterocycles. The normalized spacial score (nSPS) is 35.1. The predicted octanol–water partition coefficient (Wildman–Crippen LogP) is 3.44. The molecule has 1 heterocycles. The largest absolute Gasteiger partial charge is 0.309 e. The van der Waals surface area contributed by atoms with Crippen LogP contribution in [-0.2, 0) is 0 Å². The molecule has 15 heavy (non-hydrogen) atoms. The molecule has 2 aliphatic carbocycles. The molecule has 2 fully saturated rings. The van der Waals surface area contributed by atoms with E-state index in [2.05, 4.69) is 29.8 Å². The zero-order valence-electron chi connectivity index (χ0n) is 9.28. The molecule has 0 bridgehead atoms. The fourth-order valence-corrected chi connectivity index (χ4v) is 4.34. The minimum atomic E-state index is 0.658. The molecule has 0 saturated heterocycles. The van der Waals surface area contributed by atoms with E-state index in [9.17, 15) is 0 Å². The molecule has 0 amide bonds. The van der Waals surface area contributed by atoms with Crippen molar-refractivity contribution in [3.63, 3.8) is 0 Å². The summed E-state index contributed by atoms with van der Waals surface area (Å²) in [5.74, 6) is 3.06. The van der Waals surface area contributed by atoms with Crippen LogP contribution < -0.4 is 5.32 Å². The van der Waals surface area contributed by atoms with E-state index in [1.807, 2.05) is 11.3 Å². The quantitative estimate of drug-likeness (QED) is 0.821. The summed E-state index contributed by atoms with van der Waals surface area (Å²) in [7, 11) is 0. The lowest BCUT2D eigenvalue weighted by molar-refractivity contribution is 0.431. The highest BCUT2D eigenvalue weighted by atomic mass is 32.1.